The van der Waals surface area contributed by atoms with E-state index in [-0.39, 0.29) is 5.56 Å². The van der Waals surface area contributed by atoms with E-state index in [4.69, 9.17) is 4.74 Å². The highest BCUT2D eigenvalue weighted by atomic mass is 79.9. The van der Waals surface area contributed by atoms with Gasteiger partial charge in [-0.25, -0.2) is 0 Å². The molecule has 2 rings (SSSR count). The standard InChI is InChI=1S/C12H10BrF5O/c13-10(11(14,15)12(16,17)18)8-3-4-9-7(6-8)2-1-5-19-9/h3-4,6,10H,1-2,5H2. The molecular formula is C12H10BrF5O. The summed E-state index contributed by atoms with van der Waals surface area (Å²) < 4.78 is 68.7. The van der Waals surface area contributed by atoms with Crippen LogP contribution in [-0.2, 0) is 6.42 Å². The number of rotatable bonds is 2. The van der Waals surface area contributed by atoms with Crippen LogP contribution in [0.2, 0.25) is 0 Å². The van der Waals surface area contributed by atoms with Crippen LogP contribution in [0, 0.1) is 0 Å². The monoisotopic (exact) mass is 344 g/mol. The van der Waals surface area contributed by atoms with E-state index >= 15 is 0 Å². The Kier molecular flexibility index (Phi) is 3.77. The van der Waals surface area contributed by atoms with E-state index < -0.39 is 16.9 Å². The lowest BCUT2D eigenvalue weighted by atomic mass is 9.99. The van der Waals surface area contributed by atoms with Crippen LogP contribution in [0.5, 0.6) is 5.75 Å². The zero-order chi connectivity index (χ0) is 14.3. The number of aryl methyl sites for hydroxylation is 1. The van der Waals surface area contributed by atoms with Gasteiger partial charge in [0.25, 0.3) is 0 Å². The SMILES string of the molecule is FC(F)(F)C(F)(F)C(Br)c1ccc2c(c1)CCCO2. The highest BCUT2D eigenvalue weighted by Crippen LogP contribution is 2.49. The third kappa shape index (κ3) is 2.70. The Labute approximate surface area is 114 Å². The third-order valence-corrected chi connectivity index (χ3v) is 4.03. The molecule has 0 radical (unpaired) electrons. The molecule has 0 N–H and O–H groups in total. The molecule has 0 amide bonds. The van der Waals surface area contributed by atoms with E-state index in [0.717, 1.165) is 6.42 Å². The molecular weight excluding hydrogens is 335 g/mol. The predicted molar refractivity (Wildman–Crippen MR) is 62.9 cm³/mol. The van der Waals surface area contributed by atoms with Crippen LogP contribution in [0.3, 0.4) is 0 Å². The molecule has 0 aromatic heterocycles. The second-order valence-electron chi connectivity index (χ2n) is 4.30. The fraction of sp³-hybridized carbons (Fsp3) is 0.500. The fourth-order valence-corrected chi connectivity index (χ4v) is 2.44. The van der Waals surface area contributed by atoms with Gasteiger partial charge in [0.1, 0.15) is 10.6 Å². The largest absolute Gasteiger partial charge is 0.493 e. The zero-order valence-electron chi connectivity index (χ0n) is 9.61. The maximum atomic E-state index is 13.2. The molecule has 1 aliphatic rings. The van der Waals surface area contributed by atoms with Crippen molar-refractivity contribution in [1.82, 2.24) is 0 Å². The van der Waals surface area contributed by atoms with Gasteiger partial charge in [-0.1, -0.05) is 28.1 Å². The predicted octanol–water partition coefficient (Wildman–Crippen LogP) is 4.65. The topological polar surface area (TPSA) is 9.23 Å². The van der Waals surface area contributed by atoms with E-state index in [1.165, 1.54) is 18.2 Å². The van der Waals surface area contributed by atoms with E-state index in [2.05, 4.69) is 15.9 Å². The van der Waals surface area contributed by atoms with Crippen molar-refractivity contribution in [2.45, 2.75) is 29.8 Å². The number of hydrogen-bond acceptors (Lipinski definition) is 1. The van der Waals surface area contributed by atoms with Gasteiger partial charge < -0.3 is 4.74 Å². The lowest BCUT2D eigenvalue weighted by Crippen LogP contribution is -2.40. The minimum Gasteiger partial charge on any atom is -0.493 e. The molecule has 0 spiro atoms. The number of fused-ring (bicyclic) bond motifs is 1. The summed E-state index contributed by atoms with van der Waals surface area (Å²) in [5, 5.41) is 0. The molecule has 1 nitrogen and oxygen atoms in total. The van der Waals surface area contributed by atoms with Gasteiger partial charge in [-0.2, -0.15) is 22.0 Å². The lowest BCUT2D eigenvalue weighted by molar-refractivity contribution is -0.281. The number of benzene rings is 1. The fourth-order valence-electron chi connectivity index (χ4n) is 1.89. The Morgan fingerprint density at radius 3 is 2.47 bits per heavy atom. The molecule has 1 unspecified atom stereocenters. The van der Waals surface area contributed by atoms with Gasteiger partial charge in [0.15, 0.2) is 0 Å². The van der Waals surface area contributed by atoms with Gasteiger partial charge in [-0.3, -0.25) is 0 Å². The normalized spacial score (nSPS) is 17.6. The van der Waals surface area contributed by atoms with Crippen LogP contribution in [0.4, 0.5) is 22.0 Å². The van der Waals surface area contributed by atoms with Gasteiger partial charge in [0.2, 0.25) is 0 Å². The first-order chi connectivity index (χ1) is 8.73. The Balaban J connectivity index is 2.32. The second-order valence-corrected chi connectivity index (χ2v) is 5.22. The Morgan fingerprint density at radius 2 is 1.84 bits per heavy atom. The minimum atomic E-state index is -5.59. The molecule has 106 valence electrons. The maximum Gasteiger partial charge on any atom is 0.454 e. The van der Waals surface area contributed by atoms with Crippen LogP contribution in [0.1, 0.15) is 22.4 Å². The molecule has 19 heavy (non-hydrogen) atoms. The van der Waals surface area contributed by atoms with Crippen molar-refractivity contribution in [3.63, 3.8) is 0 Å². The molecule has 0 aliphatic carbocycles. The van der Waals surface area contributed by atoms with Crippen LogP contribution >= 0.6 is 15.9 Å². The minimum absolute atomic E-state index is 0.105. The lowest BCUT2D eigenvalue weighted by Gasteiger charge is -2.26. The van der Waals surface area contributed by atoms with Gasteiger partial charge in [0.05, 0.1) is 6.61 Å². The first-order valence-corrected chi connectivity index (χ1v) is 6.49. The molecule has 0 saturated carbocycles. The molecule has 1 atom stereocenters. The Hall–Kier alpha value is -0.850. The van der Waals surface area contributed by atoms with E-state index in [9.17, 15) is 22.0 Å². The molecule has 1 aromatic carbocycles. The summed E-state index contributed by atoms with van der Waals surface area (Å²) in [6.07, 6.45) is -4.26. The van der Waals surface area contributed by atoms with Crippen LogP contribution < -0.4 is 4.74 Å². The maximum absolute atomic E-state index is 13.2. The summed E-state index contributed by atoms with van der Waals surface area (Å²) in [6, 6.07) is 4.00. The summed E-state index contributed by atoms with van der Waals surface area (Å²) in [5.74, 6) is -4.28. The van der Waals surface area contributed by atoms with Crippen LogP contribution in [-0.4, -0.2) is 18.7 Å². The van der Waals surface area contributed by atoms with Gasteiger partial charge in [-0.05, 0) is 30.0 Å². The first-order valence-electron chi connectivity index (χ1n) is 5.57. The van der Waals surface area contributed by atoms with Crippen molar-refractivity contribution in [2.75, 3.05) is 6.61 Å². The van der Waals surface area contributed by atoms with Crippen molar-refractivity contribution in [1.29, 1.82) is 0 Å². The van der Waals surface area contributed by atoms with Gasteiger partial charge in [-0.15, -0.1) is 0 Å². The van der Waals surface area contributed by atoms with E-state index in [1.54, 1.807) is 0 Å². The first kappa shape index (κ1) is 14.6. The highest BCUT2D eigenvalue weighted by molar-refractivity contribution is 9.09. The number of ether oxygens (including phenoxy) is 1. The summed E-state index contributed by atoms with van der Waals surface area (Å²) in [7, 11) is 0. The third-order valence-electron chi connectivity index (χ3n) is 2.92. The summed E-state index contributed by atoms with van der Waals surface area (Å²) in [4.78, 5) is -2.10. The highest BCUT2D eigenvalue weighted by Gasteiger charge is 2.62. The average Bonchev–Trinajstić information content (AvgIpc) is 2.36. The van der Waals surface area contributed by atoms with Crippen molar-refractivity contribution < 1.29 is 26.7 Å². The summed E-state index contributed by atoms with van der Waals surface area (Å²) in [6.45, 7) is 0.531. The molecule has 7 heteroatoms. The van der Waals surface area contributed by atoms with E-state index in [1.807, 2.05) is 0 Å². The molecule has 0 bridgehead atoms. The summed E-state index contributed by atoms with van der Waals surface area (Å²) >= 11 is 2.46. The van der Waals surface area contributed by atoms with E-state index in [0.29, 0.717) is 24.3 Å². The quantitative estimate of drug-likeness (QED) is 0.560. The number of hydrogen-bond donors (Lipinski definition) is 0. The molecule has 0 saturated heterocycles. The van der Waals surface area contributed by atoms with Crippen molar-refractivity contribution in [3.8, 4) is 5.75 Å². The van der Waals surface area contributed by atoms with Gasteiger partial charge in [0, 0.05) is 0 Å². The molecule has 1 aliphatic heterocycles. The van der Waals surface area contributed by atoms with Crippen molar-refractivity contribution in [3.05, 3.63) is 29.3 Å². The van der Waals surface area contributed by atoms with Crippen LogP contribution in [0.15, 0.2) is 18.2 Å². The Bertz CT molecular complexity index is 472. The van der Waals surface area contributed by atoms with Crippen molar-refractivity contribution >= 4 is 15.9 Å². The summed E-state index contributed by atoms with van der Waals surface area (Å²) in [5.41, 5.74) is 0.553. The smallest absolute Gasteiger partial charge is 0.454 e. The Morgan fingerprint density at radius 1 is 1.16 bits per heavy atom. The molecule has 1 aromatic rings. The zero-order valence-corrected chi connectivity index (χ0v) is 11.2. The van der Waals surface area contributed by atoms with Gasteiger partial charge >= 0.3 is 12.1 Å². The second kappa shape index (κ2) is 4.92. The van der Waals surface area contributed by atoms with Crippen molar-refractivity contribution in [2.24, 2.45) is 0 Å². The van der Waals surface area contributed by atoms with Crippen LogP contribution in [0.25, 0.3) is 0 Å². The molecule has 0 fully saturated rings. The number of halogens is 6. The molecule has 1 heterocycles. The number of alkyl halides is 6. The average molecular weight is 345 g/mol.